The molecule has 0 fully saturated rings. The van der Waals surface area contributed by atoms with E-state index in [4.69, 9.17) is 0 Å². The molecule has 0 saturated heterocycles. The van der Waals surface area contributed by atoms with Crippen molar-refractivity contribution < 1.29 is 0 Å². The first-order chi connectivity index (χ1) is 12.4. The molecule has 3 aromatic carbocycles. The van der Waals surface area contributed by atoms with E-state index >= 15 is 0 Å². The van der Waals surface area contributed by atoms with Crippen molar-refractivity contribution >= 4 is 0 Å². The molecule has 0 radical (unpaired) electrons. The minimum absolute atomic E-state index is 0.790. The molecule has 0 unspecified atom stereocenters. The third kappa shape index (κ3) is 2.70. The maximum absolute atomic E-state index is 2.41. The second-order valence-electron chi connectivity index (χ2n) is 7.69. The quantitative estimate of drug-likeness (QED) is 0.559. The molecule has 5 rings (SSSR count). The molecule has 0 N–H and O–H groups in total. The number of rotatable bonds is 2. The summed E-state index contributed by atoms with van der Waals surface area (Å²) in [6.45, 7) is 0. The fourth-order valence-corrected chi connectivity index (χ4v) is 4.90. The van der Waals surface area contributed by atoms with E-state index < -0.39 is 0 Å². The van der Waals surface area contributed by atoms with Crippen LogP contribution < -0.4 is 0 Å². The Morgan fingerprint density at radius 2 is 1.48 bits per heavy atom. The Labute approximate surface area is 150 Å². The molecule has 0 heterocycles. The summed E-state index contributed by atoms with van der Waals surface area (Å²) in [5.41, 5.74) is 10.9. The van der Waals surface area contributed by atoms with Gasteiger partial charge in [-0.15, -0.1) is 0 Å². The summed E-state index contributed by atoms with van der Waals surface area (Å²) >= 11 is 0. The molecule has 0 heteroatoms. The van der Waals surface area contributed by atoms with Gasteiger partial charge in [-0.1, -0.05) is 66.7 Å². The fraction of sp³-hybridized carbons (Fsp3) is 0.280. The Hall–Kier alpha value is -2.34. The van der Waals surface area contributed by atoms with Crippen LogP contribution in [0, 0.1) is 5.92 Å². The molecule has 1 atom stereocenters. The molecule has 0 aromatic heterocycles. The molecule has 2 aliphatic rings. The van der Waals surface area contributed by atoms with Crippen LogP contribution in [0.2, 0.25) is 0 Å². The van der Waals surface area contributed by atoms with Gasteiger partial charge in [0.1, 0.15) is 0 Å². The number of hydrogen-bond donors (Lipinski definition) is 0. The van der Waals surface area contributed by atoms with Crippen LogP contribution in [0.25, 0.3) is 11.1 Å². The lowest BCUT2D eigenvalue weighted by Gasteiger charge is -2.30. The molecular formula is C25H24. The molecule has 3 aromatic rings. The van der Waals surface area contributed by atoms with Gasteiger partial charge in [0.2, 0.25) is 0 Å². The van der Waals surface area contributed by atoms with Crippen molar-refractivity contribution in [1.29, 1.82) is 0 Å². The van der Waals surface area contributed by atoms with Gasteiger partial charge in [0, 0.05) is 0 Å². The van der Waals surface area contributed by atoms with Crippen LogP contribution in [-0.4, -0.2) is 0 Å². The number of aryl methyl sites for hydroxylation is 2. The predicted octanol–water partition coefficient (Wildman–Crippen LogP) is 5.80. The van der Waals surface area contributed by atoms with Crippen molar-refractivity contribution in [2.45, 2.75) is 38.5 Å². The Balaban J connectivity index is 1.50. The van der Waals surface area contributed by atoms with E-state index in [9.17, 15) is 0 Å². The van der Waals surface area contributed by atoms with Gasteiger partial charge in [-0.05, 0) is 83.4 Å². The second-order valence-corrected chi connectivity index (χ2v) is 7.69. The summed E-state index contributed by atoms with van der Waals surface area (Å²) < 4.78 is 0. The van der Waals surface area contributed by atoms with Gasteiger partial charge in [-0.2, -0.15) is 0 Å². The average molecular weight is 324 g/mol. The summed E-state index contributed by atoms with van der Waals surface area (Å²) in [6, 6.07) is 24.8. The highest BCUT2D eigenvalue weighted by molar-refractivity contribution is 5.75. The summed E-state index contributed by atoms with van der Waals surface area (Å²) in [7, 11) is 0. The van der Waals surface area contributed by atoms with Crippen molar-refractivity contribution in [3.8, 4) is 11.1 Å². The summed E-state index contributed by atoms with van der Waals surface area (Å²) in [6.07, 6.45) is 7.48. The van der Waals surface area contributed by atoms with Gasteiger partial charge >= 0.3 is 0 Å². The van der Waals surface area contributed by atoms with Gasteiger partial charge in [-0.3, -0.25) is 0 Å². The van der Waals surface area contributed by atoms with Crippen LogP contribution in [0.1, 0.15) is 34.2 Å². The van der Waals surface area contributed by atoms with E-state index in [0.29, 0.717) is 0 Å². The molecule has 25 heavy (non-hydrogen) atoms. The molecule has 0 aliphatic heterocycles. The summed E-state index contributed by atoms with van der Waals surface area (Å²) in [5.74, 6) is 0.790. The van der Waals surface area contributed by atoms with Gasteiger partial charge in [0.25, 0.3) is 0 Å². The van der Waals surface area contributed by atoms with Crippen molar-refractivity contribution in [3.63, 3.8) is 0 Å². The summed E-state index contributed by atoms with van der Waals surface area (Å²) in [5, 5.41) is 0. The molecular weight excluding hydrogens is 300 g/mol. The second kappa shape index (κ2) is 6.19. The molecule has 0 saturated carbocycles. The minimum Gasteiger partial charge on any atom is -0.0622 e. The predicted molar refractivity (Wildman–Crippen MR) is 105 cm³/mol. The topological polar surface area (TPSA) is 0 Å². The van der Waals surface area contributed by atoms with Crippen molar-refractivity contribution in [2.75, 3.05) is 0 Å². The lowest BCUT2D eigenvalue weighted by molar-refractivity contribution is 0.454. The number of hydrogen-bond acceptors (Lipinski definition) is 0. The van der Waals surface area contributed by atoms with E-state index in [0.717, 1.165) is 5.92 Å². The maximum atomic E-state index is 2.41. The van der Waals surface area contributed by atoms with Crippen molar-refractivity contribution in [1.82, 2.24) is 0 Å². The first-order valence-corrected chi connectivity index (χ1v) is 9.64. The first-order valence-electron chi connectivity index (χ1n) is 9.64. The van der Waals surface area contributed by atoms with Crippen LogP contribution in [-0.2, 0) is 32.1 Å². The van der Waals surface area contributed by atoms with Crippen LogP contribution >= 0.6 is 0 Å². The lowest BCUT2D eigenvalue weighted by atomic mass is 9.74. The zero-order valence-corrected chi connectivity index (χ0v) is 14.7. The Bertz CT molecular complexity index is 905. The smallest absolute Gasteiger partial charge is 0.0146 e. The fourth-order valence-electron chi connectivity index (χ4n) is 4.90. The van der Waals surface area contributed by atoms with Crippen LogP contribution in [0.3, 0.4) is 0 Å². The standard InChI is InChI=1S/C25H24/c1-2-6-18(7-3-1)16-19-10-11-21-13-14-23-22-9-5-4-8-20(22)12-15-24(23)25(21)17-19/h1-9,13-14,19H,10-12,15-17H2/t19-/m1/s1. The van der Waals surface area contributed by atoms with Crippen LogP contribution in [0.4, 0.5) is 0 Å². The SMILES string of the molecule is c1ccc(C[C@H]2CCc3ccc4c(c3C2)CCc2ccccc2-4)cc1. The first kappa shape index (κ1) is 15.0. The Kier molecular flexibility index (Phi) is 3.70. The number of fused-ring (bicyclic) bond motifs is 5. The third-order valence-corrected chi connectivity index (χ3v) is 6.16. The Morgan fingerprint density at radius 1 is 0.640 bits per heavy atom. The van der Waals surface area contributed by atoms with Crippen molar-refractivity contribution in [3.05, 3.63) is 94.5 Å². The molecule has 2 aliphatic carbocycles. The van der Waals surface area contributed by atoms with Gasteiger partial charge in [-0.25, -0.2) is 0 Å². The zero-order chi connectivity index (χ0) is 16.6. The van der Waals surface area contributed by atoms with E-state index in [1.807, 2.05) is 0 Å². The highest BCUT2D eigenvalue weighted by atomic mass is 14.3. The zero-order valence-electron chi connectivity index (χ0n) is 14.7. The van der Waals surface area contributed by atoms with E-state index in [-0.39, 0.29) is 0 Å². The van der Waals surface area contributed by atoms with E-state index in [1.54, 1.807) is 16.7 Å². The lowest BCUT2D eigenvalue weighted by Crippen LogP contribution is -2.20. The molecule has 0 bridgehead atoms. The highest BCUT2D eigenvalue weighted by Gasteiger charge is 2.25. The average Bonchev–Trinajstić information content (AvgIpc) is 2.68. The molecule has 0 spiro atoms. The Morgan fingerprint density at radius 3 is 2.40 bits per heavy atom. The van der Waals surface area contributed by atoms with Gasteiger partial charge in [0.05, 0.1) is 0 Å². The van der Waals surface area contributed by atoms with Gasteiger partial charge < -0.3 is 0 Å². The minimum atomic E-state index is 0.790. The summed E-state index contributed by atoms with van der Waals surface area (Å²) in [4.78, 5) is 0. The van der Waals surface area contributed by atoms with E-state index in [2.05, 4.69) is 66.7 Å². The number of benzene rings is 3. The molecule has 0 amide bonds. The third-order valence-electron chi connectivity index (χ3n) is 6.16. The monoisotopic (exact) mass is 324 g/mol. The molecule has 124 valence electrons. The molecule has 0 nitrogen and oxygen atoms in total. The highest BCUT2D eigenvalue weighted by Crippen LogP contribution is 2.40. The van der Waals surface area contributed by atoms with Gasteiger partial charge in [0.15, 0.2) is 0 Å². The van der Waals surface area contributed by atoms with Crippen LogP contribution in [0.5, 0.6) is 0 Å². The normalized spacial score (nSPS) is 18.2. The van der Waals surface area contributed by atoms with Crippen molar-refractivity contribution in [2.24, 2.45) is 5.92 Å². The van der Waals surface area contributed by atoms with Crippen LogP contribution in [0.15, 0.2) is 66.7 Å². The maximum Gasteiger partial charge on any atom is -0.0146 e. The van der Waals surface area contributed by atoms with E-state index in [1.165, 1.54) is 60.8 Å². The largest absolute Gasteiger partial charge is 0.0622 e.